The zero-order chi connectivity index (χ0) is 22.2. The molecule has 0 bridgehead atoms. The standard InChI is InChI=1S/C24H46O4S/c1-5-7-9-11-13-15-17-19-23(3,21(25)26)29-24(4,22(27)28)20-18-16-14-12-10-8-6-2/h5-20H2,1-4H3,(H,25,26)(H,27,28)/p-2. The zero-order valence-corrected chi connectivity index (χ0v) is 20.2. The highest BCUT2D eigenvalue weighted by Gasteiger charge is 2.37. The van der Waals surface area contributed by atoms with Crippen molar-refractivity contribution in [3.8, 4) is 0 Å². The number of carbonyl (C=O) groups excluding carboxylic acids is 2. The van der Waals surface area contributed by atoms with Gasteiger partial charge >= 0.3 is 0 Å². The smallest absolute Gasteiger partial charge is 0.0573 e. The van der Waals surface area contributed by atoms with E-state index in [4.69, 9.17) is 0 Å². The Morgan fingerprint density at radius 1 is 0.586 bits per heavy atom. The number of hydrogen-bond donors (Lipinski definition) is 0. The second kappa shape index (κ2) is 16.0. The van der Waals surface area contributed by atoms with Crippen LogP contribution < -0.4 is 10.2 Å². The molecule has 2 atom stereocenters. The summed E-state index contributed by atoms with van der Waals surface area (Å²) in [6, 6.07) is 0. The maximum absolute atomic E-state index is 11.9. The summed E-state index contributed by atoms with van der Waals surface area (Å²) in [6.07, 6.45) is 16.3. The van der Waals surface area contributed by atoms with Crippen molar-refractivity contribution in [3.63, 3.8) is 0 Å². The number of carboxylic acids is 2. The van der Waals surface area contributed by atoms with Crippen LogP contribution in [0.2, 0.25) is 0 Å². The highest BCUT2D eigenvalue weighted by atomic mass is 32.2. The van der Waals surface area contributed by atoms with Gasteiger partial charge in [-0.25, -0.2) is 0 Å². The summed E-state index contributed by atoms with van der Waals surface area (Å²) in [7, 11) is 0. The van der Waals surface area contributed by atoms with E-state index < -0.39 is 21.4 Å². The average Bonchev–Trinajstić information content (AvgIpc) is 2.66. The monoisotopic (exact) mass is 428 g/mol. The predicted molar refractivity (Wildman–Crippen MR) is 120 cm³/mol. The van der Waals surface area contributed by atoms with Crippen LogP contribution in [0.5, 0.6) is 0 Å². The van der Waals surface area contributed by atoms with Gasteiger partial charge in [0.05, 0.1) is 21.4 Å². The summed E-state index contributed by atoms with van der Waals surface area (Å²) in [5.74, 6) is -2.33. The lowest BCUT2D eigenvalue weighted by Crippen LogP contribution is -2.51. The summed E-state index contributed by atoms with van der Waals surface area (Å²) in [4.78, 5) is 23.7. The molecule has 0 fully saturated rings. The third kappa shape index (κ3) is 12.6. The van der Waals surface area contributed by atoms with Gasteiger partial charge in [0.1, 0.15) is 0 Å². The van der Waals surface area contributed by atoms with Crippen molar-refractivity contribution >= 4 is 23.7 Å². The molecule has 0 aliphatic heterocycles. The van der Waals surface area contributed by atoms with Crippen LogP contribution in [0.15, 0.2) is 0 Å². The summed E-state index contributed by atoms with van der Waals surface area (Å²) in [5, 5.41) is 23.7. The number of aliphatic carboxylic acids is 2. The van der Waals surface area contributed by atoms with Crippen LogP contribution in [-0.4, -0.2) is 21.4 Å². The molecule has 0 aliphatic carbocycles. The van der Waals surface area contributed by atoms with Crippen LogP contribution in [0.3, 0.4) is 0 Å². The minimum absolute atomic E-state index is 0.438. The van der Waals surface area contributed by atoms with Crippen molar-refractivity contribution in [1.29, 1.82) is 0 Å². The van der Waals surface area contributed by atoms with Crippen LogP contribution >= 0.6 is 11.8 Å². The summed E-state index contributed by atoms with van der Waals surface area (Å²) in [6.45, 7) is 7.61. The molecule has 0 aliphatic rings. The van der Waals surface area contributed by atoms with Crippen LogP contribution in [0, 0.1) is 0 Å². The predicted octanol–water partition coefficient (Wildman–Crippen LogP) is 5.02. The van der Waals surface area contributed by atoms with Gasteiger partial charge in [-0.3, -0.25) is 0 Å². The maximum atomic E-state index is 11.9. The van der Waals surface area contributed by atoms with Crippen LogP contribution in [0.4, 0.5) is 0 Å². The van der Waals surface area contributed by atoms with E-state index in [1.165, 1.54) is 51.4 Å². The van der Waals surface area contributed by atoms with E-state index in [9.17, 15) is 19.8 Å². The quantitative estimate of drug-likeness (QED) is 0.254. The highest BCUT2D eigenvalue weighted by molar-refractivity contribution is 8.03. The molecule has 0 aromatic rings. The highest BCUT2D eigenvalue weighted by Crippen LogP contribution is 2.42. The lowest BCUT2D eigenvalue weighted by Gasteiger charge is -2.40. The molecule has 2 unspecified atom stereocenters. The first kappa shape index (κ1) is 28.3. The second-order valence-corrected chi connectivity index (χ2v) is 10.9. The van der Waals surface area contributed by atoms with Crippen LogP contribution in [0.25, 0.3) is 0 Å². The van der Waals surface area contributed by atoms with Crippen LogP contribution in [-0.2, 0) is 9.59 Å². The molecular weight excluding hydrogens is 384 g/mol. The lowest BCUT2D eigenvalue weighted by atomic mass is 10.00. The van der Waals surface area contributed by atoms with Gasteiger partial charge < -0.3 is 19.8 Å². The number of carbonyl (C=O) groups is 2. The zero-order valence-electron chi connectivity index (χ0n) is 19.4. The Morgan fingerprint density at radius 2 is 0.862 bits per heavy atom. The fourth-order valence-corrected chi connectivity index (χ4v) is 5.38. The lowest BCUT2D eigenvalue weighted by molar-refractivity contribution is -0.309. The third-order valence-corrected chi connectivity index (χ3v) is 7.47. The van der Waals surface area contributed by atoms with E-state index in [1.54, 1.807) is 13.8 Å². The van der Waals surface area contributed by atoms with Gasteiger partial charge in [-0.2, -0.15) is 0 Å². The van der Waals surface area contributed by atoms with Crippen molar-refractivity contribution in [1.82, 2.24) is 0 Å². The molecule has 29 heavy (non-hydrogen) atoms. The first-order valence-electron chi connectivity index (χ1n) is 11.8. The summed E-state index contributed by atoms with van der Waals surface area (Å²) >= 11 is 1.03. The Labute approximate surface area is 183 Å². The fraction of sp³-hybridized carbons (Fsp3) is 0.917. The molecule has 0 N–H and O–H groups in total. The number of unbranched alkanes of at least 4 members (excludes halogenated alkanes) is 12. The SMILES string of the molecule is CCCCCCCCCC(C)(SC(C)(CCCCCCCCC)C(=O)[O-])C(=O)[O-]. The van der Waals surface area contributed by atoms with Gasteiger partial charge in [-0.1, -0.05) is 104 Å². The normalized spacial score (nSPS) is 15.6. The first-order chi connectivity index (χ1) is 13.7. The molecule has 0 rings (SSSR count). The molecule has 0 amide bonds. The second-order valence-electron chi connectivity index (χ2n) is 8.88. The Morgan fingerprint density at radius 3 is 1.14 bits per heavy atom. The van der Waals surface area contributed by atoms with Gasteiger partial charge in [0, 0.05) is 0 Å². The molecule has 0 saturated carbocycles. The summed E-state index contributed by atoms with van der Waals surface area (Å²) < 4.78 is -2.39. The molecule has 0 aromatic heterocycles. The largest absolute Gasteiger partial charge is 0.549 e. The van der Waals surface area contributed by atoms with E-state index in [1.807, 2.05) is 0 Å². The molecule has 0 aromatic carbocycles. The van der Waals surface area contributed by atoms with Crippen molar-refractivity contribution in [3.05, 3.63) is 0 Å². The van der Waals surface area contributed by atoms with Crippen molar-refractivity contribution in [2.75, 3.05) is 0 Å². The van der Waals surface area contributed by atoms with Crippen molar-refractivity contribution in [2.24, 2.45) is 0 Å². The van der Waals surface area contributed by atoms with Gasteiger partial charge in [-0.05, 0) is 26.7 Å². The van der Waals surface area contributed by atoms with Crippen molar-refractivity contribution in [2.45, 2.75) is 140 Å². The number of thioether (sulfide) groups is 1. The van der Waals surface area contributed by atoms with Gasteiger partial charge in [0.25, 0.3) is 0 Å². The maximum Gasteiger partial charge on any atom is 0.0573 e. The number of rotatable bonds is 20. The first-order valence-corrected chi connectivity index (χ1v) is 12.7. The Balaban J connectivity index is 4.56. The van der Waals surface area contributed by atoms with E-state index in [0.717, 1.165) is 50.3 Å². The van der Waals surface area contributed by atoms with Gasteiger partial charge in [0.2, 0.25) is 0 Å². The minimum atomic E-state index is -1.20. The molecular formula is C24H44O4S-2. The molecule has 0 heterocycles. The van der Waals surface area contributed by atoms with Gasteiger partial charge in [0.15, 0.2) is 0 Å². The number of carboxylic acid groups (broad SMARTS) is 2. The minimum Gasteiger partial charge on any atom is -0.549 e. The molecule has 5 heteroatoms. The topological polar surface area (TPSA) is 80.3 Å². The van der Waals surface area contributed by atoms with E-state index in [0.29, 0.717) is 12.8 Å². The molecule has 0 saturated heterocycles. The average molecular weight is 429 g/mol. The summed E-state index contributed by atoms with van der Waals surface area (Å²) in [5.41, 5.74) is 0. The molecule has 172 valence electrons. The van der Waals surface area contributed by atoms with Crippen molar-refractivity contribution < 1.29 is 19.8 Å². The molecule has 0 spiro atoms. The fourth-order valence-electron chi connectivity index (χ4n) is 3.73. The Bertz CT molecular complexity index is 414. The Kier molecular flexibility index (Phi) is 15.6. The van der Waals surface area contributed by atoms with E-state index >= 15 is 0 Å². The van der Waals surface area contributed by atoms with E-state index in [2.05, 4.69) is 13.8 Å². The van der Waals surface area contributed by atoms with Gasteiger partial charge in [-0.15, -0.1) is 11.8 Å². The molecule has 0 radical (unpaired) electrons. The van der Waals surface area contributed by atoms with E-state index in [-0.39, 0.29) is 0 Å². The molecule has 4 nitrogen and oxygen atoms in total. The Hall–Kier alpha value is -0.710. The van der Waals surface area contributed by atoms with Crippen LogP contribution in [0.1, 0.15) is 130 Å². The third-order valence-electron chi connectivity index (χ3n) is 5.83. The number of hydrogen-bond acceptors (Lipinski definition) is 5.